The molecule has 0 radical (unpaired) electrons. The van der Waals surface area contributed by atoms with Gasteiger partial charge in [-0.25, -0.2) is 0 Å². The van der Waals surface area contributed by atoms with Gasteiger partial charge >= 0.3 is 7.12 Å². The molecule has 1 aromatic carbocycles. The number of nitrogens with two attached hydrogens (primary N) is 2. The number of aliphatic hydroxyl groups excluding tert-OH is 1. The quantitative estimate of drug-likeness (QED) is 0.0529. The second-order valence-corrected chi connectivity index (χ2v) is 18.7. The molecule has 10 atom stereocenters. The first-order valence-electron chi connectivity index (χ1n) is 22.9. The topological polar surface area (TPSA) is 236 Å². The van der Waals surface area contributed by atoms with Gasteiger partial charge < -0.3 is 52.5 Å². The van der Waals surface area contributed by atoms with E-state index in [4.69, 9.17) is 20.8 Å². The third kappa shape index (κ3) is 12.8. The first-order chi connectivity index (χ1) is 28.9. The van der Waals surface area contributed by atoms with Crippen LogP contribution in [0.3, 0.4) is 0 Å². The molecule has 61 heavy (non-hydrogen) atoms. The number of hydrogen-bond donors (Lipinski definition) is 8. The van der Waals surface area contributed by atoms with Crippen LogP contribution in [0.1, 0.15) is 147 Å². The molecule has 2 unspecified atom stereocenters. The second-order valence-electron chi connectivity index (χ2n) is 18.7. The van der Waals surface area contributed by atoms with Crippen molar-refractivity contribution in [2.75, 3.05) is 13.1 Å². The van der Waals surface area contributed by atoms with Crippen LogP contribution in [0.4, 0.5) is 0 Å². The summed E-state index contributed by atoms with van der Waals surface area (Å²) >= 11 is 0. The Labute approximate surface area is 364 Å². The van der Waals surface area contributed by atoms with E-state index in [0.717, 1.165) is 43.2 Å². The van der Waals surface area contributed by atoms with E-state index in [-0.39, 0.29) is 24.5 Å². The molecule has 10 N–H and O–H groups in total. The Morgan fingerprint density at radius 1 is 0.803 bits per heavy atom. The molecule has 342 valence electrons. The zero-order valence-electron chi connectivity index (χ0n) is 38.1. The van der Waals surface area contributed by atoms with Crippen molar-refractivity contribution in [3.8, 4) is 0 Å². The van der Waals surface area contributed by atoms with Gasteiger partial charge in [-0.2, -0.15) is 0 Å². The minimum atomic E-state index is -1.47. The van der Waals surface area contributed by atoms with Crippen molar-refractivity contribution >= 4 is 36.7 Å². The van der Waals surface area contributed by atoms with Crippen LogP contribution in [-0.2, 0) is 34.9 Å². The molecule has 0 aromatic heterocycles. The predicted octanol–water partition coefficient (Wildman–Crippen LogP) is 3.10. The fraction of sp³-hybridized carbons (Fsp3) is 0.756. The van der Waals surface area contributed by atoms with Gasteiger partial charge in [-0.1, -0.05) is 65.0 Å². The van der Waals surface area contributed by atoms with Gasteiger partial charge in [-0.3, -0.25) is 24.0 Å². The van der Waals surface area contributed by atoms with Gasteiger partial charge in [-0.05, 0) is 134 Å². The van der Waals surface area contributed by atoms with Gasteiger partial charge in [0, 0.05) is 5.56 Å². The monoisotopic (exact) mass is 854 g/mol. The van der Waals surface area contributed by atoms with Gasteiger partial charge in [0.15, 0.2) is 0 Å². The van der Waals surface area contributed by atoms with E-state index in [1.54, 1.807) is 6.07 Å². The lowest BCUT2D eigenvalue weighted by atomic mass is 9.43. The average molecular weight is 854 g/mol. The largest absolute Gasteiger partial charge is 0.481 e. The highest BCUT2D eigenvalue weighted by molar-refractivity contribution is 6.47. The summed E-state index contributed by atoms with van der Waals surface area (Å²) in [5.41, 5.74) is 13.6. The number of unbranched alkanes of at least 4 members (excludes halogenated alkanes) is 6. The molecule has 3 aliphatic carbocycles. The van der Waals surface area contributed by atoms with Gasteiger partial charge in [-0.15, -0.1) is 0 Å². The van der Waals surface area contributed by atoms with Crippen molar-refractivity contribution in [3.63, 3.8) is 0 Å². The summed E-state index contributed by atoms with van der Waals surface area (Å²) in [5, 5.41) is 24.2. The maximum absolute atomic E-state index is 13.7. The zero-order valence-corrected chi connectivity index (χ0v) is 38.1. The lowest BCUT2D eigenvalue weighted by Crippen LogP contribution is -2.65. The molecule has 5 amide bonds. The van der Waals surface area contributed by atoms with Crippen LogP contribution in [-0.4, -0.2) is 103 Å². The van der Waals surface area contributed by atoms with Crippen LogP contribution in [0.2, 0.25) is 0 Å². The van der Waals surface area contributed by atoms with Crippen molar-refractivity contribution in [1.29, 1.82) is 0 Å². The highest BCUT2D eigenvalue weighted by Crippen LogP contribution is 2.65. The lowest BCUT2D eigenvalue weighted by Gasteiger charge is -2.64. The minimum Gasteiger partial charge on any atom is -0.404 e. The number of rotatable bonds is 25. The number of aliphatic hydroxyl groups is 1. The van der Waals surface area contributed by atoms with Crippen LogP contribution < -0.4 is 38.1 Å². The molecule has 4 aliphatic rings. The lowest BCUT2D eigenvalue weighted by molar-refractivity contribution is -0.199. The molecule has 1 saturated heterocycles. The fourth-order valence-electron chi connectivity index (χ4n) is 9.51. The van der Waals surface area contributed by atoms with Crippen LogP contribution in [0.25, 0.3) is 0 Å². The third-order valence-corrected chi connectivity index (χ3v) is 13.6. The Bertz CT molecular complexity index is 1660. The zero-order chi connectivity index (χ0) is 45.1. The van der Waals surface area contributed by atoms with Crippen molar-refractivity contribution in [1.82, 2.24) is 26.6 Å². The first-order valence-corrected chi connectivity index (χ1v) is 22.9. The van der Waals surface area contributed by atoms with Gasteiger partial charge in [0.1, 0.15) is 24.2 Å². The normalized spacial score (nSPS) is 24.2. The smallest absolute Gasteiger partial charge is 0.404 e. The van der Waals surface area contributed by atoms with Crippen molar-refractivity contribution in [2.24, 2.45) is 28.7 Å². The number of benzene rings is 1. The Morgan fingerprint density at radius 2 is 1.48 bits per heavy atom. The van der Waals surface area contributed by atoms with Gasteiger partial charge in [0.05, 0.1) is 23.8 Å². The van der Waals surface area contributed by atoms with Crippen molar-refractivity contribution < 1.29 is 38.4 Å². The molecule has 1 aliphatic heterocycles. The van der Waals surface area contributed by atoms with Gasteiger partial charge in [0.25, 0.3) is 5.91 Å². The van der Waals surface area contributed by atoms with Crippen molar-refractivity contribution in [3.05, 3.63) is 34.9 Å². The Hall–Kier alpha value is -3.57. The SMILES string of the molecule is CCCCCCCCc1ccc(C(=O)N[C@@H](CCN)C(=O)NC(C(=O)N[C@@H](C)C(=O)N[C@@H](CCCCN)C(=O)N[C@@H](C)B2O[C@@H]3CC4C[C@@H](C4(C)C)[C@]3(C)O2)[C@@H](C)O)c(C)c1. The Kier molecular flexibility index (Phi) is 18.6. The molecular weight excluding hydrogens is 777 g/mol. The molecule has 3 saturated carbocycles. The molecular formula is C45H76BN7O8. The summed E-state index contributed by atoms with van der Waals surface area (Å²) in [6, 6.07) is 1.01. The summed E-state index contributed by atoms with van der Waals surface area (Å²) in [7, 11) is -0.645. The standard InChI is InChI=1S/C45H76BN7O8/c1-9-10-11-12-13-14-17-31-19-20-33(27(2)24-31)40(56)52-35(21-23-48)42(58)53-38(29(4)54)43(59)49-28(3)39(55)51-34(18-15-16-22-47)41(57)50-30(5)46-60-37-26-32-25-36(44(32,6)7)45(37,8)61-46/h19-20,24,28-30,32,34-38,54H,9-18,21-23,25-26,47-48H2,1-8H3,(H,49,59)(H,50,57)(H,51,55)(H,52,56)(H,53,58)/t28-,29+,30-,32?,34-,35-,36-,37+,38?,45-/m0/s1. The molecule has 2 bridgehead atoms. The summed E-state index contributed by atoms with van der Waals surface area (Å²) < 4.78 is 12.9. The van der Waals surface area contributed by atoms with Crippen LogP contribution >= 0.6 is 0 Å². The number of carbonyl (C=O) groups is 5. The van der Waals surface area contributed by atoms with Crippen LogP contribution in [0.5, 0.6) is 0 Å². The molecule has 4 fully saturated rings. The van der Waals surface area contributed by atoms with E-state index in [1.807, 2.05) is 26.0 Å². The molecule has 5 rings (SSSR count). The number of hydrogen-bond acceptors (Lipinski definition) is 10. The molecule has 15 nitrogen and oxygen atoms in total. The Morgan fingerprint density at radius 3 is 2.11 bits per heavy atom. The highest BCUT2D eigenvalue weighted by Gasteiger charge is 2.68. The average Bonchev–Trinajstić information content (AvgIpc) is 3.58. The maximum atomic E-state index is 13.7. The van der Waals surface area contributed by atoms with Crippen molar-refractivity contribution in [2.45, 2.75) is 187 Å². The highest BCUT2D eigenvalue weighted by atomic mass is 16.7. The van der Waals surface area contributed by atoms with Gasteiger partial charge in [0.2, 0.25) is 23.6 Å². The number of carbonyl (C=O) groups excluding carboxylic acids is 5. The van der Waals surface area contributed by atoms with E-state index < -0.39 is 78.5 Å². The molecule has 16 heteroatoms. The van der Waals surface area contributed by atoms with E-state index in [2.05, 4.69) is 54.3 Å². The van der Waals surface area contributed by atoms with E-state index in [9.17, 15) is 29.1 Å². The van der Waals surface area contributed by atoms with Crippen LogP contribution in [0.15, 0.2) is 18.2 Å². The molecule has 0 spiro atoms. The minimum absolute atomic E-state index is 0.0507. The summed E-state index contributed by atoms with van der Waals surface area (Å²) in [6.07, 6.45) is 10.3. The number of aryl methyl sites for hydroxylation is 2. The maximum Gasteiger partial charge on any atom is 0.481 e. The predicted molar refractivity (Wildman–Crippen MR) is 237 cm³/mol. The summed E-state index contributed by atoms with van der Waals surface area (Å²) in [5.74, 6) is -2.63. The Balaban J connectivity index is 1.32. The molecule has 1 heterocycles. The van der Waals surface area contributed by atoms with Crippen LogP contribution in [0, 0.1) is 24.2 Å². The van der Waals surface area contributed by atoms with E-state index >= 15 is 0 Å². The summed E-state index contributed by atoms with van der Waals surface area (Å²) in [6.45, 7) is 15.8. The fourth-order valence-corrected chi connectivity index (χ4v) is 9.51. The van der Waals surface area contributed by atoms with E-state index in [0.29, 0.717) is 43.2 Å². The third-order valence-electron chi connectivity index (χ3n) is 13.6. The number of nitrogens with one attached hydrogen (secondary N) is 5. The molecule has 1 aromatic rings. The first kappa shape index (κ1) is 50.1. The number of amides is 5. The van der Waals surface area contributed by atoms with E-state index in [1.165, 1.54) is 39.5 Å². The summed E-state index contributed by atoms with van der Waals surface area (Å²) in [4.78, 5) is 67.6. The second kappa shape index (κ2) is 22.7.